The van der Waals surface area contributed by atoms with Crippen molar-refractivity contribution in [1.82, 2.24) is 0 Å². The quantitative estimate of drug-likeness (QED) is 0.607. The molecule has 0 bridgehead atoms. The molecule has 0 aliphatic carbocycles. The summed E-state index contributed by atoms with van der Waals surface area (Å²) >= 11 is 0. The zero-order chi connectivity index (χ0) is 11.2. The number of esters is 1. The van der Waals surface area contributed by atoms with E-state index in [9.17, 15) is 4.79 Å². The molecule has 1 aliphatic rings. The highest BCUT2D eigenvalue weighted by molar-refractivity contribution is 5.93. The van der Waals surface area contributed by atoms with Crippen LogP contribution in [0.4, 0.5) is 0 Å². The lowest BCUT2D eigenvalue weighted by molar-refractivity contribution is -0.00660. The summed E-state index contributed by atoms with van der Waals surface area (Å²) in [5.41, 5.74) is 3.82. The van der Waals surface area contributed by atoms with Gasteiger partial charge in [-0.05, 0) is 50.5 Å². The van der Waals surface area contributed by atoms with Crippen molar-refractivity contribution in [1.29, 1.82) is 0 Å². The van der Waals surface area contributed by atoms with Crippen LogP contribution >= 0.6 is 0 Å². The molecule has 2 heteroatoms. The Hall–Kier alpha value is -1.31. The van der Waals surface area contributed by atoms with Crippen LogP contribution in [-0.4, -0.2) is 11.6 Å². The minimum Gasteiger partial charge on any atom is -0.456 e. The molecule has 1 aromatic rings. The van der Waals surface area contributed by atoms with Crippen molar-refractivity contribution in [2.75, 3.05) is 0 Å². The van der Waals surface area contributed by atoms with Crippen molar-refractivity contribution in [3.8, 4) is 0 Å². The third-order valence-electron chi connectivity index (χ3n) is 2.81. The number of rotatable bonds is 0. The van der Waals surface area contributed by atoms with E-state index in [1.54, 1.807) is 0 Å². The van der Waals surface area contributed by atoms with Crippen molar-refractivity contribution < 1.29 is 9.53 Å². The summed E-state index contributed by atoms with van der Waals surface area (Å²) in [6.45, 7) is 7.96. The maximum atomic E-state index is 11.8. The van der Waals surface area contributed by atoms with Gasteiger partial charge in [-0.15, -0.1) is 0 Å². The van der Waals surface area contributed by atoms with Crippen molar-refractivity contribution in [3.63, 3.8) is 0 Å². The first-order chi connectivity index (χ1) is 6.89. The van der Waals surface area contributed by atoms with Crippen LogP contribution in [0.5, 0.6) is 0 Å². The highest BCUT2D eigenvalue weighted by atomic mass is 16.6. The second-order valence-corrected chi connectivity index (χ2v) is 4.93. The third-order valence-corrected chi connectivity index (χ3v) is 2.81. The van der Waals surface area contributed by atoms with E-state index in [2.05, 4.69) is 13.0 Å². The third kappa shape index (κ3) is 1.76. The molecule has 0 unspecified atom stereocenters. The van der Waals surface area contributed by atoms with E-state index in [0.717, 1.165) is 23.1 Å². The Morgan fingerprint density at radius 2 is 1.93 bits per heavy atom. The van der Waals surface area contributed by atoms with Crippen LogP contribution in [-0.2, 0) is 11.2 Å². The fraction of sp³-hybridized carbons (Fsp3) is 0.462. The van der Waals surface area contributed by atoms with Gasteiger partial charge in [-0.1, -0.05) is 6.07 Å². The van der Waals surface area contributed by atoms with Gasteiger partial charge < -0.3 is 4.74 Å². The van der Waals surface area contributed by atoms with Crippen molar-refractivity contribution in [2.24, 2.45) is 0 Å². The van der Waals surface area contributed by atoms with Gasteiger partial charge in [0.25, 0.3) is 0 Å². The largest absolute Gasteiger partial charge is 0.456 e. The summed E-state index contributed by atoms with van der Waals surface area (Å²) < 4.78 is 5.37. The van der Waals surface area contributed by atoms with E-state index in [-0.39, 0.29) is 11.6 Å². The zero-order valence-electron chi connectivity index (χ0n) is 9.68. The highest BCUT2D eigenvalue weighted by Gasteiger charge is 2.33. The van der Waals surface area contributed by atoms with E-state index in [4.69, 9.17) is 4.74 Å². The van der Waals surface area contributed by atoms with Gasteiger partial charge in [0, 0.05) is 6.42 Å². The Bertz CT molecular complexity index is 430. The summed E-state index contributed by atoms with van der Waals surface area (Å²) in [7, 11) is 0. The summed E-state index contributed by atoms with van der Waals surface area (Å²) in [5, 5.41) is 0. The topological polar surface area (TPSA) is 26.3 Å². The van der Waals surface area contributed by atoms with Crippen molar-refractivity contribution in [2.45, 2.75) is 39.7 Å². The van der Waals surface area contributed by atoms with Crippen LogP contribution in [0.15, 0.2) is 12.1 Å². The standard InChI is InChI=1S/C13H16O2/c1-8-5-9(2)11-7-13(3,4)15-12(14)10(11)6-8/h5-6H,7H2,1-4H3. The first kappa shape index (κ1) is 10.2. The SMILES string of the molecule is Cc1cc(C)c2c(c1)C(=O)OC(C)(C)C2. The van der Waals surface area contributed by atoms with E-state index in [1.807, 2.05) is 26.8 Å². The van der Waals surface area contributed by atoms with Gasteiger partial charge in [0.1, 0.15) is 5.60 Å². The second kappa shape index (κ2) is 3.09. The van der Waals surface area contributed by atoms with Gasteiger partial charge >= 0.3 is 5.97 Å². The lowest BCUT2D eigenvalue weighted by atomic mass is 9.87. The van der Waals surface area contributed by atoms with Gasteiger partial charge in [0.05, 0.1) is 5.56 Å². The number of carbonyl (C=O) groups is 1. The number of carbonyl (C=O) groups excluding carboxylic acids is 1. The molecule has 0 amide bonds. The predicted octanol–water partition coefficient (Wildman–Crippen LogP) is 2.79. The number of hydrogen-bond donors (Lipinski definition) is 0. The first-order valence-electron chi connectivity index (χ1n) is 5.22. The lowest BCUT2D eigenvalue weighted by Gasteiger charge is -2.32. The van der Waals surface area contributed by atoms with E-state index in [0.29, 0.717) is 0 Å². The molecule has 0 atom stereocenters. The molecule has 0 aromatic heterocycles. The van der Waals surface area contributed by atoms with Crippen LogP contribution in [0.2, 0.25) is 0 Å². The molecule has 0 radical (unpaired) electrons. The molecule has 0 saturated heterocycles. The summed E-state index contributed by atoms with van der Waals surface area (Å²) in [6.07, 6.45) is 0.806. The van der Waals surface area contributed by atoms with Crippen LogP contribution in [0, 0.1) is 13.8 Å². The molecular weight excluding hydrogens is 188 g/mol. The normalized spacial score (nSPS) is 18.3. The molecule has 1 aromatic carbocycles. The maximum Gasteiger partial charge on any atom is 0.338 e. The van der Waals surface area contributed by atoms with E-state index in [1.165, 1.54) is 5.56 Å². The summed E-state index contributed by atoms with van der Waals surface area (Å²) in [4.78, 5) is 11.8. The minimum atomic E-state index is -0.371. The van der Waals surface area contributed by atoms with Crippen LogP contribution < -0.4 is 0 Å². The number of benzene rings is 1. The zero-order valence-corrected chi connectivity index (χ0v) is 9.68. The fourth-order valence-corrected chi connectivity index (χ4v) is 2.18. The Morgan fingerprint density at radius 1 is 1.27 bits per heavy atom. The molecular formula is C13H16O2. The smallest absolute Gasteiger partial charge is 0.338 e. The predicted molar refractivity (Wildman–Crippen MR) is 59.1 cm³/mol. The van der Waals surface area contributed by atoms with Crippen LogP contribution in [0.25, 0.3) is 0 Å². The van der Waals surface area contributed by atoms with Crippen molar-refractivity contribution in [3.05, 3.63) is 34.4 Å². The van der Waals surface area contributed by atoms with Gasteiger partial charge in [0.2, 0.25) is 0 Å². The molecule has 0 N–H and O–H groups in total. The monoisotopic (exact) mass is 204 g/mol. The maximum absolute atomic E-state index is 11.8. The van der Waals surface area contributed by atoms with Gasteiger partial charge in [-0.25, -0.2) is 4.79 Å². The number of aryl methyl sites for hydroxylation is 2. The van der Waals surface area contributed by atoms with E-state index >= 15 is 0 Å². The average Bonchev–Trinajstić information content (AvgIpc) is 2.06. The number of fused-ring (bicyclic) bond motifs is 1. The Labute approximate surface area is 90.3 Å². The average molecular weight is 204 g/mol. The molecule has 0 saturated carbocycles. The Balaban J connectivity index is 2.60. The van der Waals surface area contributed by atoms with E-state index < -0.39 is 0 Å². The van der Waals surface area contributed by atoms with Gasteiger partial charge in [-0.2, -0.15) is 0 Å². The van der Waals surface area contributed by atoms with Crippen LogP contribution in [0.3, 0.4) is 0 Å². The Morgan fingerprint density at radius 3 is 2.60 bits per heavy atom. The minimum absolute atomic E-state index is 0.187. The molecule has 1 aliphatic heterocycles. The number of hydrogen-bond acceptors (Lipinski definition) is 2. The molecule has 80 valence electrons. The highest BCUT2D eigenvalue weighted by Crippen LogP contribution is 2.30. The number of cyclic esters (lactones) is 1. The Kier molecular flexibility index (Phi) is 2.10. The molecule has 2 rings (SSSR count). The summed E-state index contributed by atoms with van der Waals surface area (Å²) in [6, 6.07) is 4.04. The first-order valence-corrected chi connectivity index (χ1v) is 5.22. The van der Waals surface area contributed by atoms with Crippen molar-refractivity contribution >= 4 is 5.97 Å². The van der Waals surface area contributed by atoms with Gasteiger partial charge in [0.15, 0.2) is 0 Å². The second-order valence-electron chi connectivity index (χ2n) is 4.93. The molecule has 0 fully saturated rings. The lowest BCUT2D eigenvalue weighted by Crippen LogP contribution is -2.36. The summed E-state index contributed by atoms with van der Waals surface area (Å²) in [5.74, 6) is -0.187. The molecule has 2 nitrogen and oxygen atoms in total. The fourth-order valence-electron chi connectivity index (χ4n) is 2.18. The molecule has 0 spiro atoms. The number of ether oxygens (including phenoxy) is 1. The molecule has 1 heterocycles. The van der Waals surface area contributed by atoms with Gasteiger partial charge in [-0.3, -0.25) is 0 Å². The van der Waals surface area contributed by atoms with Crippen LogP contribution in [0.1, 0.15) is 40.9 Å². The molecule has 15 heavy (non-hydrogen) atoms.